The van der Waals surface area contributed by atoms with Gasteiger partial charge in [0.2, 0.25) is 0 Å². The van der Waals surface area contributed by atoms with E-state index in [1.165, 1.54) is 6.92 Å². The second kappa shape index (κ2) is 3.95. The maximum atomic E-state index is 12.0. The molecule has 0 fully saturated rings. The molecule has 0 radical (unpaired) electrons. The van der Waals surface area contributed by atoms with Crippen molar-refractivity contribution in [3.8, 4) is 0 Å². The van der Waals surface area contributed by atoms with Gasteiger partial charge >= 0.3 is 12.1 Å². The quantitative estimate of drug-likeness (QED) is 0.803. The van der Waals surface area contributed by atoms with Crippen LogP contribution >= 0.6 is 0 Å². The van der Waals surface area contributed by atoms with Gasteiger partial charge in [-0.25, -0.2) is 14.8 Å². The Morgan fingerprint density at radius 2 is 2.00 bits per heavy atom. The van der Waals surface area contributed by atoms with Crippen molar-refractivity contribution in [1.82, 2.24) is 9.97 Å². The molecule has 1 rings (SSSR count). The molecule has 1 aromatic rings. The Labute approximate surface area is 88.1 Å². The van der Waals surface area contributed by atoms with Crippen molar-refractivity contribution in [1.29, 1.82) is 0 Å². The van der Waals surface area contributed by atoms with Gasteiger partial charge in [0.15, 0.2) is 0 Å². The molecule has 0 saturated carbocycles. The molecule has 0 saturated heterocycles. The number of carbonyl (C=O) groups is 1. The fourth-order valence-corrected chi connectivity index (χ4v) is 1.18. The van der Waals surface area contributed by atoms with Crippen LogP contribution in [0.1, 0.15) is 21.9 Å². The summed E-state index contributed by atoms with van der Waals surface area (Å²) in [4.78, 5) is 17.4. The molecule has 0 aliphatic rings. The lowest BCUT2D eigenvalue weighted by Gasteiger charge is -2.08. The highest BCUT2D eigenvalue weighted by atomic mass is 19.4. The molecule has 8 heteroatoms. The zero-order valence-electron chi connectivity index (χ0n) is 8.17. The van der Waals surface area contributed by atoms with Gasteiger partial charge in [0.05, 0.1) is 5.69 Å². The fourth-order valence-electron chi connectivity index (χ4n) is 1.18. The molecule has 5 nitrogen and oxygen atoms in total. The van der Waals surface area contributed by atoms with Crippen LogP contribution in [0.25, 0.3) is 0 Å². The largest absolute Gasteiger partial charge is 0.477 e. The third-order valence-electron chi connectivity index (χ3n) is 1.74. The topological polar surface area (TPSA) is 89.1 Å². The summed E-state index contributed by atoms with van der Waals surface area (Å²) in [6.45, 7) is 1.27. The van der Waals surface area contributed by atoms with Gasteiger partial charge in [-0.05, 0) is 6.92 Å². The molecule has 3 N–H and O–H groups in total. The number of nitrogen functional groups attached to an aromatic ring is 1. The van der Waals surface area contributed by atoms with Crippen LogP contribution in [-0.2, 0) is 6.42 Å². The van der Waals surface area contributed by atoms with Crippen LogP contribution in [-0.4, -0.2) is 27.2 Å². The molecule has 1 aromatic heterocycles. The molecular formula is C8H8F3N3O2. The van der Waals surface area contributed by atoms with Gasteiger partial charge in [0, 0.05) is 0 Å². The van der Waals surface area contributed by atoms with Crippen LogP contribution in [0.5, 0.6) is 0 Å². The van der Waals surface area contributed by atoms with Crippen molar-refractivity contribution >= 4 is 11.8 Å². The average Bonchev–Trinajstić information content (AvgIpc) is 1.96. The molecule has 0 aliphatic carbocycles. The fraction of sp³-hybridized carbons (Fsp3) is 0.375. The first-order valence-electron chi connectivity index (χ1n) is 4.13. The number of rotatable bonds is 2. The molecule has 0 aliphatic heterocycles. The molecule has 88 valence electrons. The van der Waals surface area contributed by atoms with E-state index < -0.39 is 30.2 Å². The normalized spacial score (nSPS) is 11.5. The summed E-state index contributed by atoms with van der Waals surface area (Å²) < 4.78 is 36.1. The van der Waals surface area contributed by atoms with Crippen molar-refractivity contribution in [2.24, 2.45) is 0 Å². The third-order valence-corrected chi connectivity index (χ3v) is 1.74. The number of hydrogen-bond acceptors (Lipinski definition) is 4. The Hall–Kier alpha value is -1.86. The number of anilines is 1. The Morgan fingerprint density at radius 3 is 2.38 bits per heavy atom. The van der Waals surface area contributed by atoms with E-state index in [-0.39, 0.29) is 11.3 Å². The lowest BCUT2D eigenvalue weighted by atomic mass is 10.2. The second-order valence-corrected chi connectivity index (χ2v) is 3.08. The van der Waals surface area contributed by atoms with E-state index in [1.807, 2.05) is 0 Å². The monoisotopic (exact) mass is 235 g/mol. The minimum Gasteiger partial charge on any atom is -0.477 e. The maximum absolute atomic E-state index is 12.0. The van der Waals surface area contributed by atoms with Crippen LogP contribution in [0.4, 0.5) is 19.0 Å². The molecule has 0 bridgehead atoms. The number of nitrogens with zero attached hydrogens (tertiary/aromatic N) is 2. The van der Waals surface area contributed by atoms with Crippen molar-refractivity contribution in [3.05, 3.63) is 17.1 Å². The zero-order chi connectivity index (χ0) is 12.5. The number of hydrogen-bond donors (Lipinski definition) is 2. The van der Waals surface area contributed by atoms with Crippen molar-refractivity contribution in [2.45, 2.75) is 19.5 Å². The summed E-state index contributed by atoms with van der Waals surface area (Å²) in [6, 6.07) is 0. The standard InChI is InChI=1S/C8H8F3N3O2/c1-3-5(7(15)16)6(12)14-4(13-3)2-8(9,10)11/h2H2,1H3,(H,15,16)(H2,12,13,14). The predicted molar refractivity (Wildman–Crippen MR) is 47.9 cm³/mol. The summed E-state index contributed by atoms with van der Waals surface area (Å²) in [5.74, 6) is -2.36. The predicted octanol–water partition coefficient (Wildman–Crippen LogP) is 1.17. The van der Waals surface area contributed by atoms with Gasteiger partial charge in [0.25, 0.3) is 0 Å². The summed E-state index contributed by atoms with van der Waals surface area (Å²) in [6.07, 6.45) is -5.79. The molecule has 0 atom stereocenters. The maximum Gasteiger partial charge on any atom is 0.396 e. The van der Waals surface area contributed by atoms with Crippen molar-refractivity contribution in [3.63, 3.8) is 0 Å². The first-order chi connectivity index (χ1) is 7.20. The summed E-state index contributed by atoms with van der Waals surface area (Å²) >= 11 is 0. The van der Waals surface area contributed by atoms with E-state index >= 15 is 0 Å². The minimum absolute atomic E-state index is 0.0840. The number of aromatic nitrogens is 2. The number of aromatic carboxylic acids is 1. The van der Waals surface area contributed by atoms with Gasteiger partial charge in [-0.2, -0.15) is 13.2 Å². The average molecular weight is 235 g/mol. The van der Waals surface area contributed by atoms with Crippen LogP contribution in [0.2, 0.25) is 0 Å². The van der Waals surface area contributed by atoms with E-state index in [0.29, 0.717) is 0 Å². The first kappa shape index (κ1) is 12.2. The van der Waals surface area contributed by atoms with Crippen LogP contribution in [0, 0.1) is 6.92 Å². The number of halogens is 3. The lowest BCUT2D eigenvalue weighted by Crippen LogP contribution is -2.18. The third kappa shape index (κ3) is 2.81. The van der Waals surface area contributed by atoms with E-state index in [9.17, 15) is 18.0 Å². The second-order valence-electron chi connectivity index (χ2n) is 3.08. The van der Waals surface area contributed by atoms with Crippen LogP contribution in [0.3, 0.4) is 0 Å². The highest BCUT2D eigenvalue weighted by Crippen LogP contribution is 2.21. The Balaban J connectivity index is 3.15. The Kier molecular flexibility index (Phi) is 3.02. The highest BCUT2D eigenvalue weighted by Gasteiger charge is 2.30. The van der Waals surface area contributed by atoms with E-state index in [4.69, 9.17) is 10.8 Å². The van der Waals surface area contributed by atoms with E-state index in [1.54, 1.807) is 0 Å². The van der Waals surface area contributed by atoms with Crippen LogP contribution in [0.15, 0.2) is 0 Å². The van der Waals surface area contributed by atoms with E-state index in [2.05, 4.69) is 9.97 Å². The highest BCUT2D eigenvalue weighted by molar-refractivity contribution is 5.93. The lowest BCUT2D eigenvalue weighted by molar-refractivity contribution is -0.128. The minimum atomic E-state index is -4.45. The summed E-state index contributed by atoms with van der Waals surface area (Å²) in [5, 5.41) is 8.69. The molecule has 0 unspecified atom stereocenters. The Morgan fingerprint density at radius 1 is 1.44 bits per heavy atom. The molecule has 16 heavy (non-hydrogen) atoms. The number of aryl methyl sites for hydroxylation is 1. The van der Waals surface area contributed by atoms with Crippen LogP contribution < -0.4 is 5.73 Å². The number of carboxylic acid groups (broad SMARTS) is 1. The smallest absolute Gasteiger partial charge is 0.396 e. The number of nitrogens with two attached hydrogens (primary N) is 1. The SMILES string of the molecule is Cc1nc(CC(F)(F)F)nc(N)c1C(=O)O. The molecule has 0 amide bonds. The molecule has 1 heterocycles. The molecule has 0 spiro atoms. The first-order valence-corrected chi connectivity index (χ1v) is 4.13. The van der Waals surface area contributed by atoms with Gasteiger partial charge in [-0.1, -0.05) is 0 Å². The Bertz CT molecular complexity index is 408. The molecule has 0 aromatic carbocycles. The summed E-state index contributed by atoms with van der Waals surface area (Å²) in [5.41, 5.74) is 4.79. The van der Waals surface area contributed by atoms with Gasteiger partial charge in [-0.15, -0.1) is 0 Å². The van der Waals surface area contributed by atoms with Gasteiger partial charge in [-0.3, -0.25) is 0 Å². The number of carboxylic acids is 1. The van der Waals surface area contributed by atoms with E-state index in [0.717, 1.165) is 0 Å². The zero-order valence-corrected chi connectivity index (χ0v) is 8.17. The van der Waals surface area contributed by atoms with Crippen molar-refractivity contribution < 1.29 is 23.1 Å². The molecular weight excluding hydrogens is 227 g/mol. The number of alkyl halides is 3. The van der Waals surface area contributed by atoms with Gasteiger partial charge < -0.3 is 10.8 Å². The summed E-state index contributed by atoms with van der Waals surface area (Å²) in [7, 11) is 0. The van der Waals surface area contributed by atoms with Gasteiger partial charge in [0.1, 0.15) is 23.6 Å². The van der Waals surface area contributed by atoms with Crippen molar-refractivity contribution in [2.75, 3.05) is 5.73 Å².